The van der Waals surface area contributed by atoms with Crippen molar-refractivity contribution in [2.45, 2.75) is 6.61 Å². The van der Waals surface area contributed by atoms with Crippen LogP contribution in [0.2, 0.25) is 0 Å². The number of hydrogen-bond donors (Lipinski definition) is 0. The summed E-state index contributed by atoms with van der Waals surface area (Å²) in [5.74, 6) is 0. The first-order chi connectivity index (χ1) is 4.84. The summed E-state index contributed by atoms with van der Waals surface area (Å²) in [7, 11) is 2.84. The second kappa shape index (κ2) is 3.54. The maximum absolute atomic E-state index is 5.03. The molecule has 10 heavy (non-hydrogen) atoms. The van der Waals surface area contributed by atoms with E-state index < -0.39 is 0 Å². The summed E-state index contributed by atoms with van der Waals surface area (Å²) in [6.45, 7) is 0.750. The number of ether oxygens (including phenoxy) is 1. The molecule has 0 unspecified atom stereocenters. The van der Waals surface area contributed by atoms with Gasteiger partial charge in [0.15, 0.2) is 0 Å². The summed E-state index contributed by atoms with van der Waals surface area (Å²) in [6.07, 6.45) is 0. The molecule has 0 aliphatic rings. The van der Waals surface area contributed by atoms with Crippen LogP contribution in [0.15, 0.2) is 24.3 Å². The SMILES string of the molecule is COCc1ccccc1[SiH3]. The first kappa shape index (κ1) is 7.50. The van der Waals surface area contributed by atoms with Gasteiger partial charge >= 0.3 is 0 Å². The fourth-order valence-electron chi connectivity index (χ4n) is 0.928. The van der Waals surface area contributed by atoms with Crippen LogP contribution in [0.3, 0.4) is 0 Å². The lowest BCUT2D eigenvalue weighted by atomic mass is 10.2. The molecule has 0 fully saturated rings. The summed E-state index contributed by atoms with van der Waals surface area (Å²) >= 11 is 0. The maximum Gasteiger partial charge on any atom is 0.0711 e. The highest BCUT2D eigenvalue weighted by Crippen LogP contribution is 1.94. The van der Waals surface area contributed by atoms with Gasteiger partial charge in [-0.05, 0) is 5.56 Å². The predicted molar refractivity (Wildman–Crippen MR) is 46.7 cm³/mol. The summed E-state index contributed by atoms with van der Waals surface area (Å²) in [4.78, 5) is 0. The molecule has 0 spiro atoms. The van der Waals surface area contributed by atoms with E-state index in [2.05, 4.69) is 24.3 Å². The summed E-state index contributed by atoms with van der Waals surface area (Å²) < 4.78 is 5.03. The van der Waals surface area contributed by atoms with Gasteiger partial charge in [-0.15, -0.1) is 0 Å². The van der Waals surface area contributed by atoms with Crippen LogP contribution < -0.4 is 5.19 Å². The normalized spacial score (nSPS) is 10.1. The maximum atomic E-state index is 5.03. The predicted octanol–water partition coefficient (Wildman–Crippen LogP) is -0.176. The Morgan fingerprint density at radius 2 is 2.10 bits per heavy atom. The molecule has 0 saturated heterocycles. The minimum atomic E-state index is 0.750. The highest BCUT2D eigenvalue weighted by molar-refractivity contribution is 6.33. The molecule has 54 valence electrons. The quantitative estimate of drug-likeness (QED) is 0.534. The standard InChI is InChI=1S/C8H12OSi/c1-9-6-7-4-2-3-5-8(7)10/h2-5H,6H2,1,10H3. The van der Waals surface area contributed by atoms with Crippen molar-refractivity contribution in [2.75, 3.05) is 7.11 Å². The highest BCUT2D eigenvalue weighted by Gasteiger charge is 1.92. The second-order valence-corrected chi connectivity index (χ2v) is 3.44. The van der Waals surface area contributed by atoms with Gasteiger partial charge in [-0.25, -0.2) is 0 Å². The third-order valence-electron chi connectivity index (χ3n) is 1.56. The van der Waals surface area contributed by atoms with Crippen molar-refractivity contribution in [3.63, 3.8) is 0 Å². The van der Waals surface area contributed by atoms with Gasteiger partial charge in [-0.2, -0.15) is 0 Å². The van der Waals surface area contributed by atoms with E-state index in [-0.39, 0.29) is 0 Å². The van der Waals surface area contributed by atoms with Gasteiger partial charge in [0, 0.05) is 17.4 Å². The number of hydrogen-bond acceptors (Lipinski definition) is 1. The average molecular weight is 152 g/mol. The lowest BCUT2D eigenvalue weighted by molar-refractivity contribution is 0.185. The van der Waals surface area contributed by atoms with Crippen LogP contribution in [0, 0.1) is 0 Å². The van der Waals surface area contributed by atoms with Crippen LogP contribution in [-0.4, -0.2) is 17.4 Å². The van der Waals surface area contributed by atoms with Gasteiger partial charge in [-0.3, -0.25) is 0 Å². The zero-order chi connectivity index (χ0) is 7.40. The molecule has 0 heterocycles. The number of benzene rings is 1. The van der Waals surface area contributed by atoms with Crippen LogP contribution in [0.4, 0.5) is 0 Å². The topological polar surface area (TPSA) is 9.23 Å². The molecule has 0 atom stereocenters. The Balaban J connectivity index is 2.81. The van der Waals surface area contributed by atoms with Gasteiger partial charge in [0.05, 0.1) is 6.61 Å². The molecule has 0 aliphatic heterocycles. The first-order valence-electron chi connectivity index (χ1n) is 3.38. The molecule has 0 radical (unpaired) electrons. The van der Waals surface area contributed by atoms with Crippen molar-refractivity contribution < 1.29 is 4.74 Å². The smallest absolute Gasteiger partial charge is 0.0711 e. The fraction of sp³-hybridized carbons (Fsp3) is 0.250. The van der Waals surface area contributed by atoms with Gasteiger partial charge in [-0.1, -0.05) is 29.5 Å². The van der Waals surface area contributed by atoms with E-state index in [0.29, 0.717) is 0 Å². The second-order valence-electron chi connectivity index (χ2n) is 2.36. The highest BCUT2D eigenvalue weighted by atomic mass is 28.1. The summed E-state index contributed by atoms with van der Waals surface area (Å²) in [6, 6.07) is 8.39. The Morgan fingerprint density at radius 3 is 2.70 bits per heavy atom. The molecule has 0 amide bonds. The van der Waals surface area contributed by atoms with Crippen molar-refractivity contribution in [2.24, 2.45) is 0 Å². The van der Waals surface area contributed by atoms with Crippen LogP contribution in [0.1, 0.15) is 5.56 Å². The Hall–Kier alpha value is -0.603. The third-order valence-corrected chi connectivity index (χ3v) is 2.54. The van der Waals surface area contributed by atoms with E-state index in [9.17, 15) is 0 Å². The summed E-state index contributed by atoms with van der Waals surface area (Å²) in [5, 5.41) is 1.43. The van der Waals surface area contributed by atoms with Crippen molar-refractivity contribution >= 4 is 15.4 Å². The van der Waals surface area contributed by atoms with E-state index in [1.807, 2.05) is 0 Å². The third kappa shape index (κ3) is 1.69. The first-order valence-corrected chi connectivity index (χ1v) is 4.38. The van der Waals surface area contributed by atoms with Crippen molar-refractivity contribution in [1.29, 1.82) is 0 Å². The lowest BCUT2D eigenvalue weighted by Crippen LogP contribution is -2.09. The minimum absolute atomic E-state index is 0.750. The van der Waals surface area contributed by atoms with Crippen LogP contribution >= 0.6 is 0 Å². The number of rotatable bonds is 2. The van der Waals surface area contributed by atoms with E-state index in [1.165, 1.54) is 10.8 Å². The molecule has 1 nitrogen and oxygen atoms in total. The number of methoxy groups -OCH3 is 1. The minimum Gasteiger partial charge on any atom is -0.380 e. The van der Waals surface area contributed by atoms with E-state index >= 15 is 0 Å². The molecular formula is C8H12OSi. The van der Waals surface area contributed by atoms with Gasteiger partial charge < -0.3 is 4.74 Å². The molecule has 0 saturated carbocycles. The van der Waals surface area contributed by atoms with Crippen molar-refractivity contribution in [3.05, 3.63) is 29.8 Å². The molecule has 0 aliphatic carbocycles. The molecule has 0 N–H and O–H groups in total. The Labute approximate surface area is 64.4 Å². The van der Waals surface area contributed by atoms with Gasteiger partial charge in [0.1, 0.15) is 0 Å². The van der Waals surface area contributed by atoms with E-state index in [1.54, 1.807) is 7.11 Å². The van der Waals surface area contributed by atoms with Crippen LogP contribution in [-0.2, 0) is 11.3 Å². The van der Waals surface area contributed by atoms with Crippen LogP contribution in [0.25, 0.3) is 0 Å². The zero-order valence-corrected chi connectivity index (χ0v) is 8.42. The Bertz CT molecular complexity index is 210. The largest absolute Gasteiger partial charge is 0.380 e. The van der Waals surface area contributed by atoms with Gasteiger partial charge in [0.2, 0.25) is 0 Å². The monoisotopic (exact) mass is 152 g/mol. The molecule has 2 heteroatoms. The fourth-order valence-corrected chi connectivity index (χ4v) is 1.43. The molecular weight excluding hydrogens is 140 g/mol. The summed E-state index contributed by atoms with van der Waals surface area (Å²) in [5.41, 5.74) is 1.33. The van der Waals surface area contributed by atoms with Gasteiger partial charge in [0.25, 0.3) is 0 Å². The Kier molecular flexibility index (Phi) is 2.65. The lowest BCUT2D eigenvalue weighted by Gasteiger charge is -2.01. The molecule has 0 aromatic heterocycles. The van der Waals surface area contributed by atoms with E-state index in [0.717, 1.165) is 16.8 Å². The molecule has 1 aromatic rings. The van der Waals surface area contributed by atoms with Crippen molar-refractivity contribution in [1.82, 2.24) is 0 Å². The molecule has 1 aromatic carbocycles. The molecule has 0 bridgehead atoms. The van der Waals surface area contributed by atoms with Crippen molar-refractivity contribution in [3.8, 4) is 0 Å². The Morgan fingerprint density at radius 1 is 1.40 bits per heavy atom. The molecule has 1 rings (SSSR count). The van der Waals surface area contributed by atoms with E-state index in [4.69, 9.17) is 4.74 Å². The average Bonchev–Trinajstić information content (AvgIpc) is 1.94. The zero-order valence-electron chi connectivity index (χ0n) is 6.42. The van der Waals surface area contributed by atoms with Crippen LogP contribution in [0.5, 0.6) is 0 Å².